The number of nitrogens with zero attached hydrogens (tertiary/aromatic N) is 1. The van der Waals surface area contributed by atoms with Crippen LogP contribution in [0.2, 0.25) is 0 Å². The lowest BCUT2D eigenvalue weighted by Gasteiger charge is -2.13. The number of sulfonamides is 1. The summed E-state index contributed by atoms with van der Waals surface area (Å²) < 4.78 is 31.9. The predicted octanol–water partition coefficient (Wildman–Crippen LogP) is 2.89. The van der Waals surface area contributed by atoms with Gasteiger partial charge in [0.25, 0.3) is 5.91 Å². The molecule has 0 saturated carbocycles. The number of carbonyl (C=O) groups excluding carboxylic acids is 1. The van der Waals surface area contributed by atoms with Crippen LogP contribution in [0.3, 0.4) is 0 Å². The normalized spacial score (nSPS) is 14.9. The van der Waals surface area contributed by atoms with Crippen molar-refractivity contribution in [3.63, 3.8) is 0 Å². The van der Waals surface area contributed by atoms with Crippen LogP contribution in [-0.2, 0) is 16.6 Å². The number of rotatable bonds is 6. The van der Waals surface area contributed by atoms with E-state index in [0.717, 1.165) is 34.9 Å². The fraction of sp³-hybridized carbons (Fsp3) is 0.286. The van der Waals surface area contributed by atoms with Gasteiger partial charge < -0.3 is 15.0 Å². The zero-order valence-corrected chi connectivity index (χ0v) is 17.0. The first-order chi connectivity index (χ1) is 14.0. The molecule has 152 valence electrons. The van der Waals surface area contributed by atoms with Crippen LogP contribution < -0.4 is 10.1 Å². The van der Waals surface area contributed by atoms with Gasteiger partial charge in [0.2, 0.25) is 10.0 Å². The number of ether oxygens (including phenoxy) is 1. The maximum absolute atomic E-state index is 12.6. The van der Waals surface area contributed by atoms with E-state index in [1.54, 1.807) is 7.11 Å². The molecule has 0 bridgehead atoms. The standard InChI is InChI=1S/C21H23N3O4S/c1-28-18-7-6-16-10-15(4-5-17(16)11-18)13-23-21(25)20-12-19(14-22-20)29(26,27)24-8-2-3-9-24/h4-7,10-12,14,22H,2-3,8-9,13H2,1H3,(H,23,25). The van der Waals surface area contributed by atoms with Gasteiger partial charge in [-0.15, -0.1) is 0 Å². The minimum Gasteiger partial charge on any atom is -0.497 e. The number of hydrogen-bond acceptors (Lipinski definition) is 4. The summed E-state index contributed by atoms with van der Waals surface area (Å²) in [4.78, 5) is 15.4. The summed E-state index contributed by atoms with van der Waals surface area (Å²) >= 11 is 0. The third-order valence-electron chi connectivity index (χ3n) is 5.17. The molecule has 2 N–H and O–H groups in total. The highest BCUT2D eigenvalue weighted by Crippen LogP contribution is 2.23. The number of nitrogens with one attached hydrogen (secondary N) is 2. The second kappa shape index (κ2) is 7.88. The molecular formula is C21H23N3O4S. The molecule has 1 aliphatic rings. The lowest BCUT2D eigenvalue weighted by molar-refractivity contribution is 0.0946. The number of H-pyrrole nitrogens is 1. The Morgan fingerprint density at radius 1 is 1.10 bits per heavy atom. The quantitative estimate of drug-likeness (QED) is 0.650. The molecule has 0 radical (unpaired) electrons. The fourth-order valence-corrected chi connectivity index (χ4v) is 5.03. The van der Waals surface area contributed by atoms with Crippen LogP contribution in [0.1, 0.15) is 28.9 Å². The van der Waals surface area contributed by atoms with Crippen LogP contribution >= 0.6 is 0 Å². The highest BCUT2D eigenvalue weighted by molar-refractivity contribution is 7.89. The molecule has 0 aliphatic carbocycles. The van der Waals surface area contributed by atoms with Gasteiger partial charge in [-0.05, 0) is 53.4 Å². The monoisotopic (exact) mass is 413 g/mol. The second-order valence-electron chi connectivity index (χ2n) is 7.09. The molecule has 3 aromatic rings. The number of hydrogen-bond donors (Lipinski definition) is 2. The molecule has 0 spiro atoms. The van der Waals surface area contributed by atoms with Crippen LogP contribution in [0, 0.1) is 0 Å². The van der Waals surface area contributed by atoms with E-state index in [2.05, 4.69) is 10.3 Å². The van der Waals surface area contributed by atoms with Gasteiger partial charge >= 0.3 is 0 Å². The Bertz CT molecular complexity index is 1150. The van der Waals surface area contributed by atoms with Gasteiger partial charge in [-0.2, -0.15) is 4.31 Å². The van der Waals surface area contributed by atoms with Crippen LogP contribution in [0.15, 0.2) is 53.6 Å². The van der Waals surface area contributed by atoms with E-state index in [4.69, 9.17) is 4.74 Å². The van der Waals surface area contributed by atoms with E-state index in [1.165, 1.54) is 16.6 Å². The molecule has 29 heavy (non-hydrogen) atoms. The summed E-state index contributed by atoms with van der Waals surface area (Å²) in [5.74, 6) is 0.452. The second-order valence-corrected chi connectivity index (χ2v) is 9.03. The maximum Gasteiger partial charge on any atom is 0.268 e. The van der Waals surface area contributed by atoms with Gasteiger partial charge in [-0.3, -0.25) is 4.79 Å². The molecule has 4 rings (SSSR count). The van der Waals surface area contributed by atoms with E-state index in [1.807, 2.05) is 36.4 Å². The molecular weight excluding hydrogens is 390 g/mol. The van der Waals surface area contributed by atoms with E-state index < -0.39 is 10.0 Å². The molecule has 7 nitrogen and oxygen atoms in total. The van der Waals surface area contributed by atoms with Crippen LogP contribution in [0.25, 0.3) is 10.8 Å². The predicted molar refractivity (Wildman–Crippen MR) is 110 cm³/mol. The Kier molecular flexibility index (Phi) is 5.29. The highest BCUT2D eigenvalue weighted by atomic mass is 32.2. The minimum absolute atomic E-state index is 0.129. The van der Waals surface area contributed by atoms with Crippen molar-refractivity contribution < 1.29 is 17.9 Å². The lowest BCUT2D eigenvalue weighted by atomic mass is 10.1. The van der Waals surface area contributed by atoms with Crippen molar-refractivity contribution in [3.8, 4) is 5.75 Å². The van der Waals surface area contributed by atoms with Crippen LogP contribution in [-0.4, -0.2) is 43.8 Å². The summed E-state index contributed by atoms with van der Waals surface area (Å²) in [6.07, 6.45) is 3.12. The van der Waals surface area contributed by atoms with Gasteiger partial charge in [0, 0.05) is 25.8 Å². The number of methoxy groups -OCH3 is 1. The third-order valence-corrected chi connectivity index (χ3v) is 7.05. The summed E-state index contributed by atoms with van der Waals surface area (Å²) in [6.45, 7) is 1.40. The number of aromatic amines is 1. The number of amides is 1. The molecule has 1 saturated heterocycles. The summed E-state index contributed by atoms with van der Waals surface area (Å²) in [7, 11) is -1.90. The molecule has 1 aromatic heterocycles. The SMILES string of the molecule is COc1ccc2cc(CNC(=O)c3cc(S(=O)(=O)N4CCCC4)c[nH]3)ccc2c1. The van der Waals surface area contributed by atoms with Crippen LogP contribution in [0.5, 0.6) is 5.75 Å². The third kappa shape index (κ3) is 3.99. The molecule has 1 amide bonds. The lowest BCUT2D eigenvalue weighted by Crippen LogP contribution is -2.27. The van der Waals surface area contributed by atoms with E-state index in [-0.39, 0.29) is 16.5 Å². The first kappa shape index (κ1) is 19.5. The van der Waals surface area contributed by atoms with Crippen molar-refractivity contribution in [1.82, 2.24) is 14.6 Å². The fourth-order valence-electron chi connectivity index (χ4n) is 3.52. The van der Waals surface area contributed by atoms with E-state index >= 15 is 0 Å². The van der Waals surface area contributed by atoms with Crippen molar-refractivity contribution in [2.75, 3.05) is 20.2 Å². The zero-order chi connectivity index (χ0) is 20.4. The molecule has 2 aromatic carbocycles. The topological polar surface area (TPSA) is 91.5 Å². The van der Waals surface area contributed by atoms with Crippen LogP contribution in [0.4, 0.5) is 0 Å². The van der Waals surface area contributed by atoms with Gasteiger partial charge in [0.15, 0.2) is 0 Å². The van der Waals surface area contributed by atoms with Crippen molar-refractivity contribution in [2.24, 2.45) is 0 Å². The summed E-state index contributed by atoms with van der Waals surface area (Å²) in [5.41, 5.74) is 1.18. The first-order valence-electron chi connectivity index (χ1n) is 9.51. The Balaban J connectivity index is 1.43. The Morgan fingerprint density at radius 2 is 1.83 bits per heavy atom. The van der Waals surface area contributed by atoms with Crippen molar-refractivity contribution in [2.45, 2.75) is 24.3 Å². The molecule has 1 fully saturated rings. The Morgan fingerprint density at radius 3 is 2.59 bits per heavy atom. The maximum atomic E-state index is 12.6. The number of aromatic nitrogens is 1. The Hall–Kier alpha value is -2.84. The average Bonchev–Trinajstić information content (AvgIpc) is 3.44. The molecule has 1 aliphatic heterocycles. The molecule has 2 heterocycles. The van der Waals surface area contributed by atoms with Gasteiger partial charge in [-0.25, -0.2) is 8.42 Å². The van der Waals surface area contributed by atoms with Gasteiger partial charge in [0.05, 0.1) is 7.11 Å². The van der Waals surface area contributed by atoms with Gasteiger partial charge in [0.1, 0.15) is 16.3 Å². The van der Waals surface area contributed by atoms with Crippen molar-refractivity contribution >= 4 is 26.7 Å². The zero-order valence-electron chi connectivity index (χ0n) is 16.1. The largest absolute Gasteiger partial charge is 0.497 e. The first-order valence-corrected chi connectivity index (χ1v) is 10.9. The average molecular weight is 413 g/mol. The highest BCUT2D eigenvalue weighted by Gasteiger charge is 2.28. The van der Waals surface area contributed by atoms with E-state index in [9.17, 15) is 13.2 Å². The van der Waals surface area contributed by atoms with Crippen molar-refractivity contribution in [1.29, 1.82) is 0 Å². The summed E-state index contributed by atoms with van der Waals surface area (Å²) in [5, 5.41) is 4.94. The summed E-state index contributed by atoms with van der Waals surface area (Å²) in [6, 6.07) is 13.2. The molecule has 8 heteroatoms. The molecule has 0 atom stereocenters. The minimum atomic E-state index is -3.54. The van der Waals surface area contributed by atoms with E-state index in [0.29, 0.717) is 19.6 Å². The Labute approximate surface area is 169 Å². The van der Waals surface area contributed by atoms with Gasteiger partial charge in [-0.1, -0.05) is 18.2 Å². The smallest absolute Gasteiger partial charge is 0.268 e. The number of fused-ring (bicyclic) bond motifs is 1. The number of carbonyl (C=O) groups is 1. The molecule has 0 unspecified atom stereocenters. The van der Waals surface area contributed by atoms with Crippen molar-refractivity contribution in [3.05, 3.63) is 59.9 Å². The number of benzene rings is 2.